The lowest BCUT2D eigenvalue weighted by Crippen LogP contribution is -2.22. The van der Waals surface area contributed by atoms with Gasteiger partial charge in [0.1, 0.15) is 5.75 Å². The van der Waals surface area contributed by atoms with Crippen LogP contribution in [0.5, 0.6) is 5.75 Å². The van der Waals surface area contributed by atoms with Crippen LogP contribution in [0.3, 0.4) is 0 Å². The fourth-order valence-corrected chi connectivity index (χ4v) is 2.07. The molecule has 0 bridgehead atoms. The molecule has 5 nitrogen and oxygen atoms in total. The maximum atomic E-state index is 11.7. The highest BCUT2D eigenvalue weighted by Gasteiger charge is 2.05. The van der Waals surface area contributed by atoms with Gasteiger partial charge in [-0.2, -0.15) is 0 Å². The predicted molar refractivity (Wildman–Crippen MR) is 89.7 cm³/mol. The highest BCUT2D eigenvalue weighted by atomic mass is 16.7. The Bertz CT molecular complexity index is 697. The fourth-order valence-electron chi connectivity index (χ4n) is 2.07. The number of amides is 1. The van der Waals surface area contributed by atoms with E-state index < -0.39 is 6.09 Å². The van der Waals surface area contributed by atoms with Gasteiger partial charge in [0.15, 0.2) is 0 Å². The van der Waals surface area contributed by atoms with E-state index in [1.54, 1.807) is 14.0 Å². The molecule has 0 unspecified atom stereocenters. The molecule has 0 aliphatic rings. The number of methoxy groups -OCH3 is 1. The summed E-state index contributed by atoms with van der Waals surface area (Å²) in [5.41, 5.74) is 3.48. The van der Waals surface area contributed by atoms with Gasteiger partial charge in [-0.15, -0.1) is 0 Å². The third-order valence-electron chi connectivity index (χ3n) is 3.36. The van der Waals surface area contributed by atoms with Crippen molar-refractivity contribution in [2.45, 2.75) is 20.4 Å². The number of nitrogens with one attached hydrogen (secondary N) is 1. The van der Waals surface area contributed by atoms with Gasteiger partial charge >= 0.3 is 6.09 Å². The van der Waals surface area contributed by atoms with Gasteiger partial charge in [0.05, 0.1) is 12.8 Å². The van der Waals surface area contributed by atoms with Gasteiger partial charge in [0.25, 0.3) is 0 Å². The minimum absolute atomic E-state index is 0.399. The van der Waals surface area contributed by atoms with Gasteiger partial charge in [-0.05, 0) is 48.7 Å². The molecule has 0 heterocycles. The van der Waals surface area contributed by atoms with Crippen molar-refractivity contribution < 1.29 is 14.4 Å². The third kappa shape index (κ3) is 4.85. The van der Waals surface area contributed by atoms with E-state index in [9.17, 15) is 4.79 Å². The molecule has 0 aliphatic heterocycles. The van der Waals surface area contributed by atoms with Gasteiger partial charge in [-0.25, -0.2) is 4.79 Å². The molecule has 0 radical (unpaired) electrons. The molecule has 2 aromatic carbocycles. The van der Waals surface area contributed by atoms with Crippen LogP contribution >= 0.6 is 0 Å². The normalized spacial score (nSPS) is 11.0. The Morgan fingerprint density at radius 3 is 2.57 bits per heavy atom. The summed E-state index contributed by atoms with van der Waals surface area (Å²) >= 11 is 0. The van der Waals surface area contributed by atoms with Crippen LogP contribution in [0.25, 0.3) is 0 Å². The predicted octanol–water partition coefficient (Wildman–Crippen LogP) is 3.65. The van der Waals surface area contributed by atoms with E-state index in [1.807, 2.05) is 55.5 Å². The zero-order valence-corrected chi connectivity index (χ0v) is 13.5. The first-order chi connectivity index (χ1) is 11.1. The van der Waals surface area contributed by atoms with Crippen molar-refractivity contribution in [1.29, 1.82) is 0 Å². The number of hydrogen-bond acceptors (Lipinski definition) is 4. The fraction of sp³-hybridized carbons (Fsp3) is 0.222. The first-order valence-electron chi connectivity index (χ1n) is 7.28. The zero-order chi connectivity index (χ0) is 16.7. The van der Waals surface area contributed by atoms with Crippen LogP contribution in [-0.2, 0) is 11.4 Å². The van der Waals surface area contributed by atoms with Crippen LogP contribution in [0.1, 0.15) is 23.6 Å². The minimum Gasteiger partial charge on any atom is -0.496 e. The van der Waals surface area contributed by atoms with Crippen molar-refractivity contribution in [2.24, 2.45) is 5.16 Å². The van der Waals surface area contributed by atoms with E-state index in [1.165, 1.54) is 0 Å². The summed E-state index contributed by atoms with van der Waals surface area (Å²) in [5, 5.41) is 6.51. The average molecular weight is 312 g/mol. The van der Waals surface area contributed by atoms with Crippen LogP contribution in [0.15, 0.2) is 53.7 Å². The van der Waals surface area contributed by atoms with Crippen LogP contribution in [0.4, 0.5) is 4.79 Å². The minimum atomic E-state index is -0.585. The third-order valence-corrected chi connectivity index (χ3v) is 3.36. The van der Waals surface area contributed by atoms with Crippen molar-refractivity contribution >= 4 is 11.8 Å². The van der Waals surface area contributed by atoms with E-state index in [0.717, 1.165) is 22.4 Å². The monoisotopic (exact) mass is 312 g/mol. The molecule has 0 saturated carbocycles. The summed E-state index contributed by atoms with van der Waals surface area (Å²) < 4.78 is 5.22. The van der Waals surface area contributed by atoms with Crippen molar-refractivity contribution in [1.82, 2.24) is 5.32 Å². The maximum absolute atomic E-state index is 11.7. The Morgan fingerprint density at radius 1 is 1.17 bits per heavy atom. The Morgan fingerprint density at radius 2 is 1.91 bits per heavy atom. The highest BCUT2D eigenvalue weighted by Crippen LogP contribution is 2.18. The lowest BCUT2D eigenvalue weighted by atomic mass is 10.1. The molecule has 1 N–H and O–H groups in total. The van der Waals surface area contributed by atoms with E-state index in [0.29, 0.717) is 12.3 Å². The van der Waals surface area contributed by atoms with Crippen molar-refractivity contribution in [3.63, 3.8) is 0 Å². The van der Waals surface area contributed by atoms with Gasteiger partial charge < -0.3 is 10.1 Å². The Balaban J connectivity index is 1.91. The largest absolute Gasteiger partial charge is 0.496 e. The molecular weight excluding hydrogens is 292 g/mol. The number of carbonyl (C=O) groups excluding carboxylic acids is 1. The van der Waals surface area contributed by atoms with Gasteiger partial charge in [0.2, 0.25) is 0 Å². The first-order valence-corrected chi connectivity index (χ1v) is 7.28. The molecule has 0 aliphatic carbocycles. The molecule has 0 saturated heterocycles. The Kier molecular flexibility index (Phi) is 5.74. The molecule has 2 rings (SSSR count). The van der Waals surface area contributed by atoms with E-state index in [2.05, 4.69) is 10.5 Å². The van der Waals surface area contributed by atoms with Crippen LogP contribution in [-0.4, -0.2) is 18.9 Å². The number of hydrogen-bond donors (Lipinski definition) is 1. The number of ether oxygens (including phenoxy) is 1. The quantitative estimate of drug-likeness (QED) is 0.521. The molecule has 120 valence electrons. The van der Waals surface area contributed by atoms with E-state index in [-0.39, 0.29) is 0 Å². The molecule has 0 spiro atoms. The van der Waals surface area contributed by atoms with E-state index >= 15 is 0 Å². The molecule has 0 aromatic heterocycles. The number of nitrogens with zero attached hydrogens (tertiary/aromatic N) is 1. The maximum Gasteiger partial charge on any atom is 0.433 e. The molecule has 0 atom stereocenters. The smallest absolute Gasteiger partial charge is 0.433 e. The molecule has 23 heavy (non-hydrogen) atoms. The molecular formula is C18H20N2O3. The van der Waals surface area contributed by atoms with Crippen molar-refractivity contribution in [2.75, 3.05) is 7.11 Å². The average Bonchev–Trinajstić information content (AvgIpc) is 2.58. The molecule has 1 amide bonds. The summed E-state index contributed by atoms with van der Waals surface area (Å²) in [6.07, 6.45) is -0.585. The topological polar surface area (TPSA) is 59.9 Å². The van der Waals surface area contributed by atoms with Crippen molar-refractivity contribution in [3.05, 3.63) is 65.2 Å². The molecule has 5 heteroatoms. The standard InChI is InChI=1S/C18H20N2O3/c1-13-11-16(9-10-17(13)22-3)14(2)20-23-18(21)19-12-15-7-5-4-6-8-15/h4-11H,12H2,1-3H3,(H,19,21)/b20-14-. The second-order valence-electron chi connectivity index (χ2n) is 5.08. The lowest BCUT2D eigenvalue weighted by molar-refractivity contribution is 0.150. The van der Waals surface area contributed by atoms with Crippen LogP contribution in [0.2, 0.25) is 0 Å². The number of rotatable bonds is 5. The summed E-state index contributed by atoms with van der Waals surface area (Å²) in [6, 6.07) is 15.3. The summed E-state index contributed by atoms with van der Waals surface area (Å²) in [4.78, 5) is 16.5. The number of aryl methyl sites for hydroxylation is 1. The second-order valence-corrected chi connectivity index (χ2v) is 5.08. The van der Waals surface area contributed by atoms with Gasteiger partial charge in [-0.3, -0.25) is 4.84 Å². The second kappa shape index (κ2) is 7.98. The van der Waals surface area contributed by atoms with Crippen molar-refractivity contribution in [3.8, 4) is 5.75 Å². The molecule has 0 fully saturated rings. The SMILES string of the molecule is COc1ccc(/C(C)=N\OC(=O)NCc2ccccc2)cc1C. The summed E-state index contributed by atoms with van der Waals surface area (Å²) in [6.45, 7) is 4.13. The van der Waals surface area contributed by atoms with E-state index in [4.69, 9.17) is 9.57 Å². The highest BCUT2D eigenvalue weighted by molar-refractivity contribution is 5.98. The lowest BCUT2D eigenvalue weighted by Gasteiger charge is -2.07. The van der Waals surface area contributed by atoms with Crippen LogP contribution in [0, 0.1) is 6.92 Å². The first kappa shape index (κ1) is 16.5. The zero-order valence-electron chi connectivity index (χ0n) is 13.5. The number of benzene rings is 2. The Hall–Kier alpha value is -2.82. The molecule has 2 aromatic rings. The van der Waals surface area contributed by atoms with Gasteiger partial charge in [0, 0.05) is 6.54 Å². The van der Waals surface area contributed by atoms with Crippen LogP contribution < -0.4 is 10.1 Å². The summed E-state index contributed by atoms with van der Waals surface area (Å²) in [7, 11) is 1.63. The number of oxime groups is 1. The Labute approximate surface area is 135 Å². The van der Waals surface area contributed by atoms with Gasteiger partial charge in [-0.1, -0.05) is 35.5 Å². The number of carbonyl (C=O) groups is 1. The summed E-state index contributed by atoms with van der Waals surface area (Å²) in [5.74, 6) is 0.808.